The summed E-state index contributed by atoms with van der Waals surface area (Å²) < 4.78 is 32.2. The third kappa shape index (κ3) is 4.40. The number of anilines is 1. The van der Waals surface area contributed by atoms with E-state index in [1.807, 2.05) is 4.98 Å². The highest BCUT2D eigenvalue weighted by molar-refractivity contribution is 7.89. The van der Waals surface area contributed by atoms with E-state index in [9.17, 15) is 22.8 Å². The van der Waals surface area contributed by atoms with Crippen molar-refractivity contribution in [2.45, 2.75) is 24.7 Å². The summed E-state index contributed by atoms with van der Waals surface area (Å²) in [7, 11) is -2.65. The smallest absolute Gasteiger partial charge is 0.325 e. The number of nitrogens with zero attached hydrogens (tertiary/aromatic N) is 1. The standard InChI is InChI=1S/C18H22N4O6S/c1-11-15(17(24)21-18(25)19-11)29(26,27)22-8-4-5-12(10-22)16(23)20-13-6-3-7-14(9-13)28-2/h3,6-7,9,12H,4-5,8,10H2,1-2H3,(H,20,23)(H2,19,21,24,25)/t12-/m1/s1. The fourth-order valence-electron chi connectivity index (χ4n) is 3.35. The van der Waals surface area contributed by atoms with E-state index < -0.39 is 32.1 Å². The molecular weight excluding hydrogens is 400 g/mol. The second-order valence-corrected chi connectivity index (χ2v) is 8.66. The van der Waals surface area contributed by atoms with Crippen LogP contribution in [0.15, 0.2) is 38.8 Å². The number of H-pyrrole nitrogens is 2. The molecule has 1 aliphatic rings. The molecule has 2 heterocycles. The van der Waals surface area contributed by atoms with Crippen LogP contribution in [0.25, 0.3) is 0 Å². The van der Waals surface area contributed by atoms with Gasteiger partial charge in [0.05, 0.1) is 13.0 Å². The van der Waals surface area contributed by atoms with E-state index in [0.717, 1.165) is 4.31 Å². The van der Waals surface area contributed by atoms with Gasteiger partial charge < -0.3 is 15.0 Å². The van der Waals surface area contributed by atoms with Crippen LogP contribution < -0.4 is 21.3 Å². The Morgan fingerprint density at radius 2 is 2.03 bits per heavy atom. The lowest BCUT2D eigenvalue weighted by Crippen LogP contribution is -2.45. The van der Waals surface area contributed by atoms with E-state index in [0.29, 0.717) is 24.3 Å². The third-order valence-corrected chi connectivity index (χ3v) is 6.78. The van der Waals surface area contributed by atoms with Gasteiger partial charge in [0.25, 0.3) is 5.56 Å². The number of carbonyl (C=O) groups is 1. The minimum atomic E-state index is -4.17. The fourth-order valence-corrected chi connectivity index (χ4v) is 5.08. The van der Waals surface area contributed by atoms with Crippen LogP contribution in [0.4, 0.5) is 5.69 Å². The van der Waals surface area contributed by atoms with E-state index in [1.165, 1.54) is 14.0 Å². The molecule has 1 aliphatic heterocycles. The normalized spacial score (nSPS) is 17.7. The summed E-state index contributed by atoms with van der Waals surface area (Å²) in [5, 5.41) is 2.77. The summed E-state index contributed by atoms with van der Waals surface area (Å²) in [4.78, 5) is 39.8. The minimum absolute atomic E-state index is 0.0401. The van der Waals surface area contributed by atoms with Crippen LogP contribution in [0.1, 0.15) is 18.5 Å². The highest BCUT2D eigenvalue weighted by Crippen LogP contribution is 2.25. The molecule has 0 radical (unpaired) electrons. The highest BCUT2D eigenvalue weighted by Gasteiger charge is 2.35. The molecule has 0 spiro atoms. The number of nitrogens with one attached hydrogen (secondary N) is 3. The zero-order valence-corrected chi connectivity index (χ0v) is 16.8. The van der Waals surface area contributed by atoms with Crippen LogP contribution in [0.3, 0.4) is 0 Å². The minimum Gasteiger partial charge on any atom is -0.497 e. The first-order chi connectivity index (χ1) is 13.7. The summed E-state index contributed by atoms with van der Waals surface area (Å²) in [5.41, 5.74) is -1.25. The largest absolute Gasteiger partial charge is 0.497 e. The number of rotatable bonds is 5. The Kier molecular flexibility index (Phi) is 5.89. The number of ether oxygens (including phenoxy) is 1. The van der Waals surface area contributed by atoms with Crippen LogP contribution in [0, 0.1) is 12.8 Å². The second-order valence-electron chi connectivity index (χ2n) is 6.79. The Hall–Kier alpha value is -2.92. The van der Waals surface area contributed by atoms with Crippen LogP contribution in [0.5, 0.6) is 5.75 Å². The maximum absolute atomic E-state index is 13.0. The molecule has 1 saturated heterocycles. The predicted molar refractivity (Wildman–Crippen MR) is 106 cm³/mol. The molecule has 1 aromatic carbocycles. The van der Waals surface area contributed by atoms with Gasteiger partial charge >= 0.3 is 5.69 Å². The fraction of sp³-hybridized carbons (Fsp3) is 0.389. The van der Waals surface area contributed by atoms with Gasteiger partial charge in [-0.15, -0.1) is 0 Å². The molecule has 3 N–H and O–H groups in total. The Labute approximate surface area is 167 Å². The third-order valence-electron chi connectivity index (χ3n) is 4.76. The highest BCUT2D eigenvalue weighted by atomic mass is 32.2. The monoisotopic (exact) mass is 422 g/mol. The van der Waals surface area contributed by atoms with E-state index in [2.05, 4.69) is 10.3 Å². The first-order valence-electron chi connectivity index (χ1n) is 9.00. The van der Waals surface area contributed by atoms with Crippen molar-refractivity contribution in [2.24, 2.45) is 5.92 Å². The lowest BCUT2D eigenvalue weighted by molar-refractivity contribution is -0.120. The van der Waals surface area contributed by atoms with Gasteiger partial charge in [-0.25, -0.2) is 13.2 Å². The second kappa shape index (κ2) is 8.21. The Balaban J connectivity index is 1.80. The van der Waals surface area contributed by atoms with Gasteiger partial charge in [0.2, 0.25) is 15.9 Å². The molecule has 11 heteroatoms. The SMILES string of the molecule is COc1cccc(NC(=O)[C@@H]2CCCN(S(=O)(=O)c3c(C)[nH]c(=O)[nH]c3=O)C2)c1. The van der Waals surface area contributed by atoms with Crippen molar-refractivity contribution < 1.29 is 17.9 Å². The average Bonchev–Trinajstić information content (AvgIpc) is 2.67. The van der Waals surface area contributed by atoms with Crippen LogP contribution in [-0.2, 0) is 14.8 Å². The zero-order chi connectivity index (χ0) is 21.2. The lowest BCUT2D eigenvalue weighted by Gasteiger charge is -2.31. The number of sulfonamides is 1. The number of benzene rings is 1. The molecule has 1 aromatic heterocycles. The van der Waals surface area contributed by atoms with Crippen molar-refractivity contribution in [2.75, 3.05) is 25.5 Å². The molecule has 3 rings (SSSR count). The molecule has 2 aromatic rings. The summed E-state index contributed by atoms with van der Waals surface area (Å²) >= 11 is 0. The molecular formula is C18H22N4O6S. The van der Waals surface area contributed by atoms with Gasteiger partial charge in [-0.05, 0) is 31.9 Å². The van der Waals surface area contributed by atoms with Gasteiger partial charge in [-0.1, -0.05) is 6.07 Å². The van der Waals surface area contributed by atoms with Gasteiger partial charge in [0, 0.05) is 30.5 Å². The summed E-state index contributed by atoms with van der Waals surface area (Å²) in [6, 6.07) is 6.85. The predicted octanol–water partition coefficient (Wildman–Crippen LogP) is 0.420. The number of hydrogen-bond acceptors (Lipinski definition) is 6. The number of hydrogen-bond donors (Lipinski definition) is 3. The summed E-state index contributed by atoms with van der Waals surface area (Å²) in [5.74, 6) is -0.305. The van der Waals surface area contributed by atoms with Crippen molar-refractivity contribution >= 4 is 21.6 Å². The molecule has 10 nitrogen and oxygen atoms in total. The van der Waals surface area contributed by atoms with Crippen molar-refractivity contribution in [3.8, 4) is 5.75 Å². The van der Waals surface area contributed by atoms with Gasteiger partial charge in [0.15, 0.2) is 4.90 Å². The number of amides is 1. The molecule has 0 saturated carbocycles. The number of carbonyl (C=O) groups excluding carboxylic acids is 1. The molecule has 1 amide bonds. The summed E-state index contributed by atoms with van der Waals surface area (Å²) in [6.45, 7) is 1.47. The number of methoxy groups -OCH3 is 1. The van der Waals surface area contributed by atoms with Crippen molar-refractivity contribution in [3.63, 3.8) is 0 Å². The number of aromatic amines is 2. The first kappa shape index (κ1) is 20.8. The number of aryl methyl sites for hydroxylation is 1. The van der Waals surface area contributed by atoms with E-state index >= 15 is 0 Å². The van der Waals surface area contributed by atoms with Crippen LogP contribution in [-0.4, -0.2) is 48.8 Å². The van der Waals surface area contributed by atoms with Crippen molar-refractivity contribution in [3.05, 3.63) is 50.8 Å². The van der Waals surface area contributed by atoms with E-state index in [1.54, 1.807) is 24.3 Å². The molecule has 0 bridgehead atoms. The summed E-state index contributed by atoms with van der Waals surface area (Å²) in [6.07, 6.45) is 0.985. The van der Waals surface area contributed by atoms with Gasteiger partial charge in [-0.3, -0.25) is 14.6 Å². The maximum Gasteiger partial charge on any atom is 0.325 e. The van der Waals surface area contributed by atoms with Crippen LogP contribution >= 0.6 is 0 Å². The molecule has 0 aliphatic carbocycles. The molecule has 1 atom stereocenters. The van der Waals surface area contributed by atoms with Gasteiger partial charge in [-0.2, -0.15) is 4.31 Å². The lowest BCUT2D eigenvalue weighted by atomic mass is 9.98. The van der Waals surface area contributed by atoms with Crippen molar-refractivity contribution in [1.82, 2.24) is 14.3 Å². The Morgan fingerprint density at radius 1 is 1.28 bits per heavy atom. The topological polar surface area (TPSA) is 141 Å². The van der Waals surface area contributed by atoms with E-state index in [4.69, 9.17) is 4.74 Å². The molecule has 29 heavy (non-hydrogen) atoms. The van der Waals surface area contributed by atoms with Crippen LogP contribution in [0.2, 0.25) is 0 Å². The average molecular weight is 422 g/mol. The Bertz CT molecular complexity index is 1140. The number of aromatic nitrogens is 2. The van der Waals surface area contributed by atoms with E-state index in [-0.39, 0.29) is 24.7 Å². The molecule has 156 valence electrons. The number of piperidine rings is 1. The maximum atomic E-state index is 13.0. The first-order valence-corrected chi connectivity index (χ1v) is 10.4. The zero-order valence-electron chi connectivity index (χ0n) is 16.0. The van der Waals surface area contributed by atoms with Crippen molar-refractivity contribution in [1.29, 1.82) is 0 Å². The Morgan fingerprint density at radius 3 is 2.72 bits per heavy atom. The quantitative estimate of drug-likeness (QED) is 0.638. The van der Waals surface area contributed by atoms with Gasteiger partial charge in [0.1, 0.15) is 5.75 Å². The molecule has 1 fully saturated rings. The molecule has 0 unspecified atom stereocenters.